The van der Waals surface area contributed by atoms with Gasteiger partial charge in [0.15, 0.2) is 0 Å². The zero-order valence-electron chi connectivity index (χ0n) is 11.6. The summed E-state index contributed by atoms with van der Waals surface area (Å²) >= 11 is 0. The molecule has 3 atom stereocenters. The van der Waals surface area contributed by atoms with E-state index in [4.69, 9.17) is 0 Å². The summed E-state index contributed by atoms with van der Waals surface area (Å²) < 4.78 is 2.04. The SMILES string of the molecule is CC(C)n1ccc(CNCC2CC3CCC2C3)n1. The normalized spacial score (nSPS) is 30.5. The maximum Gasteiger partial charge on any atom is 0.0762 e. The van der Waals surface area contributed by atoms with E-state index in [9.17, 15) is 0 Å². The zero-order chi connectivity index (χ0) is 12.5. The summed E-state index contributed by atoms with van der Waals surface area (Å²) in [5.74, 6) is 3.02. The van der Waals surface area contributed by atoms with Gasteiger partial charge in [-0.05, 0) is 63.5 Å². The van der Waals surface area contributed by atoms with Crippen LogP contribution in [-0.2, 0) is 6.54 Å². The van der Waals surface area contributed by atoms with Crippen LogP contribution in [-0.4, -0.2) is 16.3 Å². The van der Waals surface area contributed by atoms with Crippen molar-refractivity contribution in [2.45, 2.75) is 52.1 Å². The first-order valence-corrected chi connectivity index (χ1v) is 7.47. The first-order valence-electron chi connectivity index (χ1n) is 7.47. The molecule has 3 nitrogen and oxygen atoms in total. The van der Waals surface area contributed by atoms with Crippen molar-refractivity contribution in [1.82, 2.24) is 15.1 Å². The number of nitrogens with zero attached hydrogens (tertiary/aromatic N) is 2. The van der Waals surface area contributed by atoms with Crippen molar-refractivity contribution in [3.8, 4) is 0 Å². The minimum atomic E-state index is 0.462. The lowest BCUT2D eigenvalue weighted by Gasteiger charge is -2.21. The molecular formula is C15H25N3. The Morgan fingerprint density at radius 1 is 1.39 bits per heavy atom. The predicted molar refractivity (Wildman–Crippen MR) is 73.3 cm³/mol. The smallest absolute Gasteiger partial charge is 0.0762 e. The van der Waals surface area contributed by atoms with E-state index in [1.807, 2.05) is 4.68 Å². The van der Waals surface area contributed by atoms with E-state index in [-0.39, 0.29) is 0 Å². The van der Waals surface area contributed by atoms with Crippen LogP contribution in [0.4, 0.5) is 0 Å². The largest absolute Gasteiger partial charge is 0.311 e. The minimum absolute atomic E-state index is 0.462. The van der Waals surface area contributed by atoms with Gasteiger partial charge in [0.1, 0.15) is 0 Å². The van der Waals surface area contributed by atoms with Crippen molar-refractivity contribution in [2.24, 2.45) is 17.8 Å². The standard InChI is InChI=1S/C15H25N3/c1-11(2)18-6-5-15(17-18)10-16-9-14-8-12-3-4-13(14)7-12/h5-6,11-14,16H,3-4,7-10H2,1-2H3. The molecule has 2 bridgehead atoms. The summed E-state index contributed by atoms with van der Waals surface area (Å²) in [5.41, 5.74) is 1.17. The third kappa shape index (κ3) is 2.46. The summed E-state index contributed by atoms with van der Waals surface area (Å²) in [6.45, 7) is 6.45. The van der Waals surface area contributed by atoms with Crippen LogP contribution in [0.5, 0.6) is 0 Å². The van der Waals surface area contributed by atoms with Gasteiger partial charge < -0.3 is 5.32 Å². The molecule has 0 spiro atoms. The molecule has 0 radical (unpaired) electrons. The van der Waals surface area contributed by atoms with Crippen molar-refractivity contribution in [2.75, 3.05) is 6.54 Å². The molecule has 100 valence electrons. The molecule has 1 aromatic rings. The highest BCUT2D eigenvalue weighted by molar-refractivity contribution is 4.99. The lowest BCUT2D eigenvalue weighted by atomic mass is 9.89. The molecule has 3 unspecified atom stereocenters. The van der Waals surface area contributed by atoms with Crippen molar-refractivity contribution < 1.29 is 0 Å². The van der Waals surface area contributed by atoms with Crippen LogP contribution in [0.1, 0.15) is 51.3 Å². The first-order chi connectivity index (χ1) is 8.72. The number of fused-ring (bicyclic) bond motifs is 2. The molecule has 1 heterocycles. The Balaban J connectivity index is 1.44. The van der Waals surface area contributed by atoms with E-state index in [1.165, 1.54) is 37.9 Å². The molecule has 2 fully saturated rings. The minimum Gasteiger partial charge on any atom is -0.311 e. The molecule has 2 aliphatic carbocycles. The molecule has 3 heteroatoms. The monoisotopic (exact) mass is 247 g/mol. The second-order valence-electron chi connectivity index (χ2n) is 6.45. The molecule has 2 saturated carbocycles. The van der Waals surface area contributed by atoms with Gasteiger partial charge >= 0.3 is 0 Å². The summed E-state index contributed by atoms with van der Waals surface area (Å²) in [6.07, 6.45) is 8.05. The highest BCUT2D eigenvalue weighted by Gasteiger charge is 2.38. The molecule has 2 aliphatic rings. The maximum atomic E-state index is 4.58. The van der Waals surface area contributed by atoms with Crippen molar-refractivity contribution in [3.05, 3.63) is 18.0 Å². The second-order valence-corrected chi connectivity index (χ2v) is 6.45. The fraction of sp³-hybridized carbons (Fsp3) is 0.800. The van der Waals surface area contributed by atoms with E-state index in [2.05, 4.69) is 36.5 Å². The quantitative estimate of drug-likeness (QED) is 0.867. The molecule has 3 rings (SSSR count). The zero-order valence-corrected chi connectivity index (χ0v) is 11.6. The molecular weight excluding hydrogens is 222 g/mol. The fourth-order valence-electron chi connectivity index (χ4n) is 3.77. The average Bonchev–Trinajstić information content (AvgIpc) is 3.03. The van der Waals surface area contributed by atoms with E-state index >= 15 is 0 Å². The lowest BCUT2D eigenvalue weighted by molar-refractivity contribution is 0.318. The van der Waals surface area contributed by atoms with Gasteiger partial charge in [-0.15, -0.1) is 0 Å². The fourth-order valence-corrected chi connectivity index (χ4v) is 3.77. The highest BCUT2D eigenvalue weighted by Crippen LogP contribution is 2.47. The van der Waals surface area contributed by atoms with Crippen molar-refractivity contribution in [3.63, 3.8) is 0 Å². The Labute approximate surface area is 110 Å². The molecule has 18 heavy (non-hydrogen) atoms. The lowest BCUT2D eigenvalue weighted by Crippen LogP contribution is -2.26. The van der Waals surface area contributed by atoms with Gasteiger partial charge in [-0.25, -0.2) is 0 Å². The summed E-state index contributed by atoms with van der Waals surface area (Å²) in [4.78, 5) is 0. The van der Waals surface area contributed by atoms with Crippen molar-refractivity contribution in [1.29, 1.82) is 0 Å². The third-order valence-electron chi connectivity index (χ3n) is 4.79. The van der Waals surface area contributed by atoms with E-state index in [0.29, 0.717) is 6.04 Å². The topological polar surface area (TPSA) is 29.9 Å². The van der Waals surface area contributed by atoms with Crippen LogP contribution < -0.4 is 5.32 Å². The summed E-state index contributed by atoms with van der Waals surface area (Å²) in [6, 6.07) is 2.60. The highest BCUT2D eigenvalue weighted by atomic mass is 15.3. The summed E-state index contributed by atoms with van der Waals surface area (Å²) in [7, 11) is 0. The molecule has 0 aromatic carbocycles. The number of hydrogen-bond acceptors (Lipinski definition) is 2. The Kier molecular flexibility index (Phi) is 3.42. The van der Waals surface area contributed by atoms with Gasteiger partial charge in [0.25, 0.3) is 0 Å². The number of nitrogens with one attached hydrogen (secondary N) is 1. The number of aromatic nitrogens is 2. The van der Waals surface area contributed by atoms with E-state index in [0.717, 1.165) is 24.3 Å². The van der Waals surface area contributed by atoms with Crippen molar-refractivity contribution >= 4 is 0 Å². The Morgan fingerprint density at radius 3 is 2.89 bits per heavy atom. The van der Waals surface area contributed by atoms with E-state index < -0.39 is 0 Å². The molecule has 0 amide bonds. The average molecular weight is 247 g/mol. The van der Waals surface area contributed by atoms with Crippen LogP contribution >= 0.6 is 0 Å². The van der Waals surface area contributed by atoms with E-state index in [1.54, 1.807) is 0 Å². The van der Waals surface area contributed by atoms with Gasteiger partial charge in [0.05, 0.1) is 5.69 Å². The maximum absolute atomic E-state index is 4.58. The predicted octanol–water partition coefficient (Wildman–Crippen LogP) is 2.99. The van der Waals surface area contributed by atoms with Crippen LogP contribution in [0.15, 0.2) is 12.3 Å². The first kappa shape index (κ1) is 12.2. The van der Waals surface area contributed by atoms with Crippen LogP contribution in [0.25, 0.3) is 0 Å². The molecule has 0 aliphatic heterocycles. The molecule has 1 N–H and O–H groups in total. The molecule has 0 saturated heterocycles. The van der Waals surface area contributed by atoms with Gasteiger partial charge in [-0.3, -0.25) is 4.68 Å². The Hall–Kier alpha value is -0.830. The van der Waals surface area contributed by atoms with Crippen LogP contribution in [0.2, 0.25) is 0 Å². The van der Waals surface area contributed by atoms with Crippen LogP contribution in [0, 0.1) is 17.8 Å². The third-order valence-corrected chi connectivity index (χ3v) is 4.79. The Morgan fingerprint density at radius 2 is 2.28 bits per heavy atom. The summed E-state index contributed by atoms with van der Waals surface area (Å²) in [5, 5.41) is 8.18. The van der Waals surface area contributed by atoms with Gasteiger partial charge in [-0.1, -0.05) is 6.42 Å². The van der Waals surface area contributed by atoms with Gasteiger partial charge in [0.2, 0.25) is 0 Å². The van der Waals surface area contributed by atoms with Gasteiger partial charge in [-0.2, -0.15) is 5.10 Å². The van der Waals surface area contributed by atoms with Crippen LogP contribution in [0.3, 0.4) is 0 Å². The van der Waals surface area contributed by atoms with Gasteiger partial charge in [0, 0.05) is 18.8 Å². The number of hydrogen-bond donors (Lipinski definition) is 1. The Bertz CT molecular complexity index is 396. The second kappa shape index (κ2) is 5.04. The molecule has 1 aromatic heterocycles. The number of rotatable bonds is 5.